The number of H-pyrrole nitrogens is 1. The highest BCUT2D eigenvalue weighted by Gasteiger charge is 2.06. The lowest BCUT2D eigenvalue weighted by Gasteiger charge is -2.03. The van der Waals surface area contributed by atoms with Gasteiger partial charge in [0.15, 0.2) is 0 Å². The van der Waals surface area contributed by atoms with Gasteiger partial charge in [-0.2, -0.15) is 5.26 Å². The summed E-state index contributed by atoms with van der Waals surface area (Å²) in [5, 5.41) is 9.00. The van der Waals surface area contributed by atoms with E-state index in [2.05, 4.69) is 47.5 Å². The number of aromatic nitrogens is 1. The molecule has 0 amide bonds. The van der Waals surface area contributed by atoms with Crippen molar-refractivity contribution in [2.45, 2.75) is 6.92 Å². The molecule has 1 N–H and O–H groups in total. The van der Waals surface area contributed by atoms with Crippen LogP contribution in [0.3, 0.4) is 0 Å². The number of aromatic amines is 1. The molecule has 0 aliphatic heterocycles. The van der Waals surface area contributed by atoms with E-state index in [1.165, 1.54) is 11.1 Å². The Morgan fingerprint density at radius 2 is 1.45 bits per heavy atom. The van der Waals surface area contributed by atoms with Crippen LogP contribution in [0.4, 0.5) is 0 Å². The summed E-state index contributed by atoms with van der Waals surface area (Å²) in [6.07, 6.45) is 0. The average Bonchev–Trinajstić information content (AvgIpc) is 2.89. The van der Waals surface area contributed by atoms with Crippen molar-refractivity contribution >= 4 is 0 Å². The largest absolute Gasteiger partial charge is 0.358 e. The van der Waals surface area contributed by atoms with E-state index in [9.17, 15) is 0 Å². The zero-order valence-electron chi connectivity index (χ0n) is 11.2. The predicted molar refractivity (Wildman–Crippen MR) is 81.1 cm³/mol. The summed E-state index contributed by atoms with van der Waals surface area (Å²) < 4.78 is 0. The monoisotopic (exact) mass is 258 g/mol. The van der Waals surface area contributed by atoms with Gasteiger partial charge in [0.1, 0.15) is 6.07 Å². The van der Waals surface area contributed by atoms with E-state index in [1.54, 1.807) is 0 Å². The topological polar surface area (TPSA) is 39.6 Å². The summed E-state index contributed by atoms with van der Waals surface area (Å²) in [7, 11) is 0. The molecule has 0 spiro atoms. The number of aryl methyl sites for hydroxylation is 1. The van der Waals surface area contributed by atoms with Gasteiger partial charge in [0.25, 0.3) is 0 Å². The number of hydrogen-bond donors (Lipinski definition) is 1. The van der Waals surface area contributed by atoms with Gasteiger partial charge in [0.2, 0.25) is 0 Å². The molecule has 3 rings (SSSR count). The lowest BCUT2D eigenvalue weighted by atomic mass is 10.0. The molecule has 20 heavy (non-hydrogen) atoms. The van der Waals surface area contributed by atoms with Crippen molar-refractivity contribution in [2.75, 3.05) is 0 Å². The molecular weight excluding hydrogens is 244 g/mol. The molecule has 0 bridgehead atoms. The molecule has 0 saturated carbocycles. The first kappa shape index (κ1) is 12.3. The van der Waals surface area contributed by atoms with Crippen LogP contribution in [0.15, 0.2) is 60.7 Å². The van der Waals surface area contributed by atoms with Gasteiger partial charge in [-0.05, 0) is 29.7 Å². The zero-order chi connectivity index (χ0) is 13.9. The minimum atomic E-state index is 0.701. The van der Waals surface area contributed by atoms with E-state index < -0.39 is 0 Å². The van der Waals surface area contributed by atoms with Crippen LogP contribution in [0, 0.1) is 18.3 Å². The highest BCUT2D eigenvalue weighted by molar-refractivity contribution is 5.69. The third-order valence-corrected chi connectivity index (χ3v) is 3.44. The van der Waals surface area contributed by atoms with Crippen molar-refractivity contribution in [3.8, 4) is 28.5 Å². The van der Waals surface area contributed by atoms with E-state index in [1.807, 2.05) is 31.2 Å². The molecule has 0 saturated heterocycles. The van der Waals surface area contributed by atoms with Crippen molar-refractivity contribution in [3.63, 3.8) is 0 Å². The number of benzene rings is 2. The number of rotatable bonds is 2. The molecule has 0 unspecified atom stereocenters. The molecule has 0 aliphatic rings. The van der Waals surface area contributed by atoms with Gasteiger partial charge in [-0.25, -0.2) is 0 Å². The predicted octanol–water partition coefficient (Wildman–Crippen LogP) is 4.53. The minimum Gasteiger partial charge on any atom is -0.358 e. The molecule has 1 aromatic heterocycles. The van der Waals surface area contributed by atoms with Gasteiger partial charge < -0.3 is 4.98 Å². The molecule has 0 radical (unpaired) electrons. The second-order valence-corrected chi connectivity index (χ2v) is 4.78. The summed E-state index contributed by atoms with van der Waals surface area (Å²) in [5.41, 5.74) is 6.09. The Kier molecular flexibility index (Phi) is 3.10. The van der Waals surface area contributed by atoms with Gasteiger partial charge in [0.05, 0.1) is 5.56 Å². The van der Waals surface area contributed by atoms with Crippen LogP contribution in [0.2, 0.25) is 0 Å². The fourth-order valence-corrected chi connectivity index (χ4v) is 2.30. The third kappa shape index (κ3) is 2.22. The molecular formula is C18H14N2. The maximum Gasteiger partial charge on any atom is 0.101 e. The standard InChI is InChI=1S/C18H14N2/c1-13-17(12-19)11-18(20-13)16-9-7-15(8-10-16)14-5-3-2-4-6-14/h2-11,20H,1H3. The third-order valence-electron chi connectivity index (χ3n) is 3.44. The Hall–Kier alpha value is -2.79. The Balaban J connectivity index is 1.95. The number of nitriles is 1. The first-order valence-corrected chi connectivity index (χ1v) is 6.53. The molecule has 0 atom stereocenters. The molecule has 3 aromatic rings. The van der Waals surface area contributed by atoms with Crippen LogP contribution in [-0.2, 0) is 0 Å². The van der Waals surface area contributed by atoms with Crippen molar-refractivity contribution in [2.24, 2.45) is 0 Å². The van der Waals surface area contributed by atoms with E-state index in [0.29, 0.717) is 5.56 Å². The normalized spacial score (nSPS) is 10.2. The summed E-state index contributed by atoms with van der Waals surface area (Å²) >= 11 is 0. The highest BCUT2D eigenvalue weighted by Crippen LogP contribution is 2.25. The number of hydrogen-bond acceptors (Lipinski definition) is 1. The van der Waals surface area contributed by atoms with Crippen LogP contribution in [0.25, 0.3) is 22.4 Å². The molecule has 1 heterocycles. The van der Waals surface area contributed by atoms with Gasteiger partial charge in [-0.3, -0.25) is 0 Å². The summed E-state index contributed by atoms with van der Waals surface area (Å²) in [4.78, 5) is 3.25. The Morgan fingerprint density at radius 1 is 0.850 bits per heavy atom. The lowest BCUT2D eigenvalue weighted by Crippen LogP contribution is -1.80. The summed E-state index contributed by atoms with van der Waals surface area (Å²) in [6, 6.07) is 22.7. The van der Waals surface area contributed by atoms with Gasteiger partial charge >= 0.3 is 0 Å². The molecule has 2 heteroatoms. The molecule has 96 valence electrons. The second-order valence-electron chi connectivity index (χ2n) is 4.78. The minimum absolute atomic E-state index is 0.701. The smallest absolute Gasteiger partial charge is 0.101 e. The number of nitrogens with zero attached hydrogens (tertiary/aromatic N) is 1. The van der Waals surface area contributed by atoms with Crippen LogP contribution in [-0.4, -0.2) is 4.98 Å². The Bertz CT molecular complexity index is 759. The van der Waals surface area contributed by atoms with E-state index in [-0.39, 0.29) is 0 Å². The maximum atomic E-state index is 9.00. The van der Waals surface area contributed by atoms with Gasteiger partial charge in [0, 0.05) is 11.4 Å². The molecule has 2 nitrogen and oxygen atoms in total. The molecule has 0 fully saturated rings. The first-order chi connectivity index (χ1) is 9.78. The Labute approximate surface area is 118 Å². The lowest BCUT2D eigenvalue weighted by molar-refractivity contribution is 1.25. The Morgan fingerprint density at radius 3 is 2.05 bits per heavy atom. The second kappa shape index (κ2) is 5.07. The fourth-order valence-electron chi connectivity index (χ4n) is 2.30. The number of nitrogens with one attached hydrogen (secondary N) is 1. The summed E-state index contributed by atoms with van der Waals surface area (Å²) in [6.45, 7) is 1.92. The van der Waals surface area contributed by atoms with E-state index >= 15 is 0 Å². The van der Waals surface area contributed by atoms with E-state index in [0.717, 1.165) is 17.0 Å². The maximum absolute atomic E-state index is 9.00. The first-order valence-electron chi connectivity index (χ1n) is 6.53. The SMILES string of the molecule is Cc1[nH]c(-c2ccc(-c3ccccc3)cc2)cc1C#N. The van der Waals surface area contributed by atoms with Crippen LogP contribution < -0.4 is 0 Å². The van der Waals surface area contributed by atoms with Crippen molar-refractivity contribution < 1.29 is 0 Å². The van der Waals surface area contributed by atoms with Crippen LogP contribution >= 0.6 is 0 Å². The van der Waals surface area contributed by atoms with Crippen molar-refractivity contribution in [3.05, 3.63) is 71.9 Å². The van der Waals surface area contributed by atoms with Crippen LogP contribution in [0.1, 0.15) is 11.3 Å². The van der Waals surface area contributed by atoms with E-state index in [4.69, 9.17) is 5.26 Å². The zero-order valence-corrected chi connectivity index (χ0v) is 11.2. The van der Waals surface area contributed by atoms with Crippen molar-refractivity contribution in [1.29, 1.82) is 5.26 Å². The van der Waals surface area contributed by atoms with Crippen molar-refractivity contribution in [1.82, 2.24) is 4.98 Å². The average molecular weight is 258 g/mol. The quantitative estimate of drug-likeness (QED) is 0.720. The fraction of sp³-hybridized carbons (Fsp3) is 0.0556. The van der Waals surface area contributed by atoms with Gasteiger partial charge in [-0.15, -0.1) is 0 Å². The highest BCUT2D eigenvalue weighted by atomic mass is 14.7. The molecule has 2 aromatic carbocycles. The molecule has 0 aliphatic carbocycles. The van der Waals surface area contributed by atoms with Crippen LogP contribution in [0.5, 0.6) is 0 Å². The summed E-state index contributed by atoms with van der Waals surface area (Å²) in [5.74, 6) is 0. The van der Waals surface area contributed by atoms with Gasteiger partial charge in [-0.1, -0.05) is 54.6 Å².